The molecule has 0 radical (unpaired) electrons. The predicted molar refractivity (Wildman–Crippen MR) is 105 cm³/mol. The lowest BCUT2D eigenvalue weighted by molar-refractivity contribution is -0.138. The molecule has 1 aromatic carbocycles. The van der Waals surface area contributed by atoms with Crippen LogP contribution in [-0.2, 0) is 4.79 Å². The number of nitrogens with zero attached hydrogens (tertiary/aromatic N) is 2. The summed E-state index contributed by atoms with van der Waals surface area (Å²) in [6.07, 6.45) is 1.72. The zero-order valence-electron chi connectivity index (χ0n) is 16.3. The summed E-state index contributed by atoms with van der Waals surface area (Å²) in [6, 6.07) is 12.4. The van der Waals surface area contributed by atoms with Gasteiger partial charge in [0.05, 0.1) is 11.6 Å². The molecule has 1 N–H and O–H groups in total. The van der Waals surface area contributed by atoms with Crippen LogP contribution in [-0.4, -0.2) is 39.5 Å². The van der Waals surface area contributed by atoms with Gasteiger partial charge < -0.3 is 14.6 Å². The minimum absolute atomic E-state index is 0.0587. The summed E-state index contributed by atoms with van der Waals surface area (Å²) in [5.74, 6) is -0.515. The fraction of sp³-hybridized carbons (Fsp3) is 0.455. The molecule has 1 aliphatic heterocycles. The van der Waals surface area contributed by atoms with E-state index in [0.29, 0.717) is 13.1 Å². The van der Waals surface area contributed by atoms with Crippen LogP contribution >= 0.6 is 0 Å². The van der Waals surface area contributed by atoms with E-state index < -0.39 is 5.97 Å². The van der Waals surface area contributed by atoms with Gasteiger partial charge in [-0.05, 0) is 51.2 Å². The van der Waals surface area contributed by atoms with E-state index in [9.17, 15) is 9.59 Å². The number of carboxylic acid groups (broad SMARTS) is 1. The van der Waals surface area contributed by atoms with Crippen molar-refractivity contribution < 1.29 is 14.7 Å². The third-order valence-electron chi connectivity index (χ3n) is 5.75. The van der Waals surface area contributed by atoms with Crippen LogP contribution < -0.4 is 0 Å². The lowest BCUT2D eigenvalue weighted by Crippen LogP contribution is -2.39. The van der Waals surface area contributed by atoms with E-state index in [1.54, 1.807) is 0 Å². The Kier molecular flexibility index (Phi) is 5.68. The number of hydrogen-bond donors (Lipinski definition) is 1. The average Bonchev–Trinajstić information content (AvgIpc) is 2.95. The molecule has 27 heavy (non-hydrogen) atoms. The maximum Gasteiger partial charge on any atom is 0.303 e. The summed E-state index contributed by atoms with van der Waals surface area (Å²) in [7, 11) is 0. The van der Waals surface area contributed by atoms with Crippen molar-refractivity contribution in [1.29, 1.82) is 0 Å². The van der Waals surface area contributed by atoms with Crippen molar-refractivity contribution in [2.75, 3.05) is 13.1 Å². The summed E-state index contributed by atoms with van der Waals surface area (Å²) < 4.78 is 2.22. The van der Waals surface area contributed by atoms with E-state index in [1.165, 1.54) is 5.56 Å². The molecule has 5 heteroatoms. The number of amides is 1. The van der Waals surface area contributed by atoms with E-state index in [2.05, 4.69) is 23.6 Å². The van der Waals surface area contributed by atoms with Gasteiger partial charge in [0.25, 0.3) is 5.91 Å². The van der Waals surface area contributed by atoms with Gasteiger partial charge >= 0.3 is 5.97 Å². The number of carboxylic acids is 1. The molecule has 2 aromatic rings. The maximum absolute atomic E-state index is 13.1. The number of rotatable bonds is 5. The number of aryl methyl sites for hydroxylation is 1. The summed E-state index contributed by atoms with van der Waals surface area (Å²) in [5.41, 5.74) is 4.04. The molecule has 1 saturated heterocycles. The highest BCUT2D eigenvalue weighted by molar-refractivity contribution is 5.95. The molecular weight excluding hydrogens is 340 g/mol. The smallest absolute Gasteiger partial charge is 0.303 e. The van der Waals surface area contributed by atoms with Crippen molar-refractivity contribution in [1.82, 2.24) is 9.47 Å². The fourth-order valence-corrected chi connectivity index (χ4v) is 4.23. The van der Waals surface area contributed by atoms with Crippen molar-refractivity contribution >= 4 is 11.9 Å². The number of hydrogen-bond acceptors (Lipinski definition) is 2. The van der Waals surface area contributed by atoms with Gasteiger partial charge in [-0.25, -0.2) is 0 Å². The SMILES string of the molecule is Cc1cc(C(=O)N2CCC(CC(=O)O)CC2)c(C)n1C(C)c1ccccc1. The highest BCUT2D eigenvalue weighted by Crippen LogP contribution is 2.28. The van der Waals surface area contributed by atoms with Gasteiger partial charge in [-0.2, -0.15) is 0 Å². The Labute approximate surface area is 160 Å². The van der Waals surface area contributed by atoms with Gasteiger partial charge in [0.1, 0.15) is 0 Å². The Hall–Kier alpha value is -2.56. The molecular formula is C22H28N2O3. The molecule has 0 bridgehead atoms. The standard InChI is InChI=1S/C22H28N2O3/c1-15-13-20(17(3)24(15)16(2)19-7-5-4-6-8-19)22(27)23-11-9-18(10-12-23)14-21(25)26/h4-8,13,16,18H,9-12,14H2,1-3H3,(H,25,26). The Bertz CT molecular complexity index is 818. The lowest BCUT2D eigenvalue weighted by atomic mass is 9.93. The van der Waals surface area contributed by atoms with Crippen molar-refractivity contribution in [2.45, 2.75) is 46.1 Å². The van der Waals surface area contributed by atoms with Crippen molar-refractivity contribution in [2.24, 2.45) is 5.92 Å². The van der Waals surface area contributed by atoms with Crippen LogP contribution in [0.15, 0.2) is 36.4 Å². The minimum atomic E-state index is -0.752. The summed E-state index contributed by atoms with van der Waals surface area (Å²) >= 11 is 0. The molecule has 1 aromatic heterocycles. The number of aliphatic carboxylic acids is 1. The van der Waals surface area contributed by atoms with E-state index >= 15 is 0 Å². The third kappa shape index (κ3) is 4.07. The second kappa shape index (κ2) is 7.99. The average molecular weight is 368 g/mol. The Morgan fingerprint density at radius 2 is 1.78 bits per heavy atom. The fourth-order valence-electron chi connectivity index (χ4n) is 4.23. The van der Waals surface area contributed by atoms with Crippen LogP contribution in [0.5, 0.6) is 0 Å². The predicted octanol–water partition coefficient (Wildman–Crippen LogP) is 4.04. The second-order valence-electron chi connectivity index (χ2n) is 7.57. The molecule has 1 fully saturated rings. The van der Waals surface area contributed by atoms with Crippen LogP contribution in [0.4, 0.5) is 0 Å². The summed E-state index contributed by atoms with van der Waals surface area (Å²) in [5, 5.41) is 8.95. The Morgan fingerprint density at radius 1 is 1.15 bits per heavy atom. The zero-order chi connectivity index (χ0) is 19.6. The molecule has 1 atom stereocenters. The molecule has 1 unspecified atom stereocenters. The third-order valence-corrected chi connectivity index (χ3v) is 5.75. The molecule has 3 rings (SSSR count). The lowest BCUT2D eigenvalue weighted by Gasteiger charge is -2.31. The first-order valence-electron chi connectivity index (χ1n) is 9.63. The Morgan fingerprint density at radius 3 is 2.37 bits per heavy atom. The molecule has 0 aliphatic carbocycles. The molecule has 1 amide bonds. The van der Waals surface area contributed by atoms with Crippen LogP contribution in [0, 0.1) is 19.8 Å². The molecule has 2 heterocycles. The van der Waals surface area contributed by atoms with Crippen molar-refractivity contribution in [3.8, 4) is 0 Å². The van der Waals surface area contributed by atoms with Gasteiger partial charge in [-0.3, -0.25) is 9.59 Å². The Balaban J connectivity index is 1.76. The highest BCUT2D eigenvalue weighted by atomic mass is 16.4. The first kappa shape index (κ1) is 19.2. The topological polar surface area (TPSA) is 62.5 Å². The van der Waals surface area contributed by atoms with Crippen molar-refractivity contribution in [3.05, 3.63) is 58.9 Å². The van der Waals surface area contributed by atoms with Gasteiger partial charge in [0.2, 0.25) is 0 Å². The van der Waals surface area contributed by atoms with E-state index in [4.69, 9.17) is 5.11 Å². The van der Waals surface area contributed by atoms with Gasteiger partial charge in [-0.1, -0.05) is 30.3 Å². The van der Waals surface area contributed by atoms with Gasteiger partial charge in [0.15, 0.2) is 0 Å². The van der Waals surface area contributed by atoms with E-state index in [-0.39, 0.29) is 24.3 Å². The zero-order valence-corrected chi connectivity index (χ0v) is 16.3. The second-order valence-corrected chi connectivity index (χ2v) is 7.57. The molecule has 1 aliphatic rings. The molecule has 144 valence electrons. The maximum atomic E-state index is 13.1. The number of likely N-dealkylation sites (tertiary alicyclic amines) is 1. The van der Waals surface area contributed by atoms with Gasteiger partial charge in [-0.15, -0.1) is 0 Å². The van der Waals surface area contributed by atoms with Crippen LogP contribution in [0.2, 0.25) is 0 Å². The normalized spacial score (nSPS) is 16.3. The highest BCUT2D eigenvalue weighted by Gasteiger charge is 2.27. The van der Waals surface area contributed by atoms with E-state index in [0.717, 1.165) is 29.8 Å². The van der Waals surface area contributed by atoms with Crippen LogP contribution in [0.1, 0.15) is 59.5 Å². The van der Waals surface area contributed by atoms with Crippen LogP contribution in [0.3, 0.4) is 0 Å². The number of piperidine rings is 1. The monoisotopic (exact) mass is 368 g/mol. The minimum Gasteiger partial charge on any atom is -0.481 e. The summed E-state index contributed by atoms with van der Waals surface area (Å²) in [6.45, 7) is 7.48. The molecule has 0 saturated carbocycles. The first-order chi connectivity index (χ1) is 12.9. The molecule has 5 nitrogen and oxygen atoms in total. The number of carbonyl (C=O) groups is 2. The number of benzene rings is 1. The van der Waals surface area contributed by atoms with Crippen LogP contribution in [0.25, 0.3) is 0 Å². The first-order valence-corrected chi connectivity index (χ1v) is 9.63. The summed E-state index contributed by atoms with van der Waals surface area (Å²) in [4.78, 5) is 25.8. The number of aromatic nitrogens is 1. The number of carbonyl (C=O) groups excluding carboxylic acids is 1. The molecule has 0 spiro atoms. The van der Waals surface area contributed by atoms with Gasteiger partial charge in [0, 0.05) is 30.9 Å². The van der Waals surface area contributed by atoms with Crippen molar-refractivity contribution in [3.63, 3.8) is 0 Å². The van der Waals surface area contributed by atoms with E-state index in [1.807, 2.05) is 43.0 Å². The largest absolute Gasteiger partial charge is 0.481 e. The quantitative estimate of drug-likeness (QED) is 0.866.